The second-order valence-electron chi connectivity index (χ2n) is 5.01. The van der Waals surface area contributed by atoms with E-state index >= 15 is 0 Å². The monoisotopic (exact) mass is 290 g/mol. The van der Waals surface area contributed by atoms with Crippen molar-refractivity contribution in [1.82, 2.24) is 4.98 Å². The molecule has 1 aromatic heterocycles. The Labute approximate surface area is 130 Å². The van der Waals surface area contributed by atoms with Gasteiger partial charge in [0.2, 0.25) is 0 Å². The van der Waals surface area contributed by atoms with Gasteiger partial charge in [0.05, 0.1) is 0 Å². The molecule has 0 radical (unpaired) electrons. The van der Waals surface area contributed by atoms with Crippen molar-refractivity contribution in [2.24, 2.45) is 0 Å². The molecule has 0 saturated heterocycles. The summed E-state index contributed by atoms with van der Waals surface area (Å²) in [7, 11) is 0. The Balaban J connectivity index is 1.52. The fourth-order valence-electron chi connectivity index (χ4n) is 2.12. The Morgan fingerprint density at radius 2 is 1.50 bits per heavy atom. The number of aromatic nitrogens is 1. The molecule has 0 aliphatic carbocycles. The van der Waals surface area contributed by atoms with Crippen LogP contribution in [0.5, 0.6) is 5.75 Å². The predicted molar refractivity (Wildman–Crippen MR) is 88.8 cm³/mol. The Bertz CT molecular complexity index is 619. The molecule has 3 aromatic rings. The lowest BCUT2D eigenvalue weighted by atomic mass is 10.2. The molecule has 0 spiro atoms. The molecule has 110 valence electrons. The van der Waals surface area contributed by atoms with Gasteiger partial charge in [0.15, 0.2) is 0 Å². The van der Waals surface area contributed by atoms with Gasteiger partial charge in [-0.15, -0.1) is 0 Å². The normalized spacial score (nSPS) is 10.2. The number of hydrogen-bond donors (Lipinski definition) is 1. The maximum atomic E-state index is 5.78. The molecule has 0 bridgehead atoms. The highest BCUT2D eigenvalue weighted by molar-refractivity contribution is 5.42. The number of anilines is 1. The third kappa shape index (κ3) is 4.09. The molecule has 0 amide bonds. The molecule has 0 aliphatic rings. The van der Waals surface area contributed by atoms with Gasteiger partial charge in [-0.2, -0.15) is 0 Å². The standard InChI is InChI=1S/C19H18N2O/c1-2-4-17(5-3-1)15-22-19-8-6-16(7-9-19)14-21-18-10-12-20-13-11-18/h1-13H,14-15H2,(H,20,21). The van der Waals surface area contributed by atoms with Crippen LogP contribution in [0.4, 0.5) is 5.69 Å². The van der Waals surface area contributed by atoms with Crippen LogP contribution in [0.15, 0.2) is 79.1 Å². The van der Waals surface area contributed by atoms with Gasteiger partial charge in [0.25, 0.3) is 0 Å². The second-order valence-corrected chi connectivity index (χ2v) is 5.01. The van der Waals surface area contributed by atoms with Gasteiger partial charge in [-0.3, -0.25) is 4.98 Å². The van der Waals surface area contributed by atoms with Crippen LogP contribution < -0.4 is 10.1 Å². The first kappa shape index (κ1) is 14.1. The quantitative estimate of drug-likeness (QED) is 0.736. The molecule has 3 heteroatoms. The fraction of sp³-hybridized carbons (Fsp3) is 0.105. The third-order valence-corrected chi connectivity index (χ3v) is 3.35. The predicted octanol–water partition coefficient (Wildman–Crippen LogP) is 4.27. The maximum absolute atomic E-state index is 5.78. The Kier molecular flexibility index (Phi) is 4.67. The van der Waals surface area contributed by atoms with Gasteiger partial charge in [0.1, 0.15) is 12.4 Å². The van der Waals surface area contributed by atoms with Gasteiger partial charge < -0.3 is 10.1 Å². The summed E-state index contributed by atoms with van der Waals surface area (Å²) in [5.74, 6) is 0.886. The van der Waals surface area contributed by atoms with Gasteiger partial charge in [0, 0.05) is 24.6 Å². The summed E-state index contributed by atoms with van der Waals surface area (Å²) in [6.45, 7) is 1.37. The number of nitrogens with zero attached hydrogens (tertiary/aromatic N) is 1. The number of rotatable bonds is 6. The minimum atomic E-state index is 0.593. The smallest absolute Gasteiger partial charge is 0.119 e. The SMILES string of the molecule is c1ccc(COc2ccc(CNc3ccncc3)cc2)cc1. The molecule has 22 heavy (non-hydrogen) atoms. The second kappa shape index (κ2) is 7.27. The lowest BCUT2D eigenvalue weighted by molar-refractivity contribution is 0.306. The number of nitrogens with one attached hydrogen (secondary N) is 1. The van der Waals surface area contributed by atoms with E-state index < -0.39 is 0 Å². The van der Waals surface area contributed by atoms with Crippen LogP contribution in [-0.4, -0.2) is 4.98 Å². The molecular weight excluding hydrogens is 272 g/mol. The zero-order valence-corrected chi connectivity index (χ0v) is 12.3. The van der Waals surface area contributed by atoms with E-state index in [1.807, 2.05) is 42.5 Å². The first-order chi connectivity index (χ1) is 10.9. The van der Waals surface area contributed by atoms with E-state index in [2.05, 4.69) is 34.6 Å². The van der Waals surface area contributed by atoms with Gasteiger partial charge in [-0.05, 0) is 35.4 Å². The molecule has 0 unspecified atom stereocenters. The van der Waals surface area contributed by atoms with E-state index in [0.717, 1.165) is 18.0 Å². The number of hydrogen-bond acceptors (Lipinski definition) is 3. The summed E-state index contributed by atoms with van der Waals surface area (Å²) in [6.07, 6.45) is 3.56. The largest absolute Gasteiger partial charge is 0.489 e. The molecule has 0 aliphatic heterocycles. The topological polar surface area (TPSA) is 34.1 Å². The molecule has 3 rings (SSSR count). The van der Waals surface area contributed by atoms with Crippen molar-refractivity contribution in [2.75, 3.05) is 5.32 Å². The molecule has 0 atom stereocenters. The summed E-state index contributed by atoms with van der Waals surface area (Å²) < 4.78 is 5.78. The van der Waals surface area contributed by atoms with Crippen LogP contribution in [0.25, 0.3) is 0 Å². The number of ether oxygens (including phenoxy) is 1. The average Bonchev–Trinajstić information content (AvgIpc) is 2.61. The molecule has 1 N–H and O–H groups in total. The first-order valence-corrected chi connectivity index (χ1v) is 7.30. The molecule has 3 nitrogen and oxygen atoms in total. The average molecular weight is 290 g/mol. The van der Waals surface area contributed by atoms with Crippen molar-refractivity contribution in [3.8, 4) is 5.75 Å². The van der Waals surface area contributed by atoms with Crippen molar-refractivity contribution < 1.29 is 4.74 Å². The third-order valence-electron chi connectivity index (χ3n) is 3.35. The van der Waals surface area contributed by atoms with E-state index in [0.29, 0.717) is 6.61 Å². The highest BCUT2D eigenvalue weighted by Gasteiger charge is 1.97. The van der Waals surface area contributed by atoms with Crippen molar-refractivity contribution in [2.45, 2.75) is 13.2 Å². The number of pyridine rings is 1. The molecule has 2 aromatic carbocycles. The Morgan fingerprint density at radius 3 is 2.23 bits per heavy atom. The summed E-state index contributed by atoms with van der Waals surface area (Å²) in [6, 6.07) is 22.3. The minimum absolute atomic E-state index is 0.593. The number of benzene rings is 2. The van der Waals surface area contributed by atoms with E-state index in [1.165, 1.54) is 11.1 Å². The van der Waals surface area contributed by atoms with Crippen LogP contribution >= 0.6 is 0 Å². The van der Waals surface area contributed by atoms with Crippen LogP contribution in [0, 0.1) is 0 Å². The van der Waals surface area contributed by atoms with Gasteiger partial charge in [-0.1, -0.05) is 42.5 Å². The zero-order chi connectivity index (χ0) is 15.0. The fourth-order valence-corrected chi connectivity index (χ4v) is 2.12. The Morgan fingerprint density at radius 1 is 0.773 bits per heavy atom. The van der Waals surface area contributed by atoms with Gasteiger partial charge in [-0.25, -0.2) is 0 Å². The molecule has 0 fully saturated rings. The minimum Gasteiger partial charge on any atom is -0.489 e. The zero-order valence-electron chi connectivity index (χ0n) is 12.3. The van der Waals surface area contributed by atoms with Crippen LogP contribution in [-0.2, 0) is 13.2 Å². The molecular formula is C19H18N2O. The maximum Gasteiger partial charge on any atom is 0.119 e. The molecule has 0 saturated carbocycles. The lowest BCUT2D eigenvalue weighted by Gasteiger charge is -2.09. The summed E-state index contributed by atoms with van der Waals surface area (Å²) in [5, 5.41) is 3.36. The molecule has 1 heterocycles. The van der Waals surface area contributed by atoms with E-state index in [4.69, 9.17) is 4.74 Å². The van der Waals surface area contributed by atoms with Crippen molar-refractivity contribution >= 4 is 5.69 Å². The highest BCUT2D eigenvalue weighted by atomic mass is 16.5. The summed E-state index contributed by atoms with van der Waals surface area (Å²) >= 11 is 0. The van der Waals surface area contributed by atoms with Crippen molar-refractivity contribution in [3.63, 3.8) is 0 Å². The Hall–Kier alpha value is -2.81. The summed E-state index contributed by atoms with van der Waals surface area (Å²) in [4.78, 5) is 4.00. The van der Waals surface area contributed by atoms with E-state index in [-0.39, 0.29) is 0 Å². The van der Waals surface area contributed by atoms with E-state index in [9.17, 15) is 0 Å². The van der Waals surface area contributed by atoms with Gasteiger partial charge >= 0.3 is 0 Å². The van der Waals surface area contributed by atoms with E-state index in [1.54, 1.807) is 12.4 Å². The highest BCUT2D eigenvalue weighted by Crippen LogP contribution is 2.15. The van der Waals surface area contributed by atoms with Crippen LogP contribution in [0.3, 0.4) is 0 Å². The van der Waals surface area contributed by atoms with Crippen molar-refractivity contribution in [1.29, 1.82) is 0 Å². The van der Waals surface area contributed by atoms with Crippen LogP contribution in [0.1, 0.15) is 11.1 Å². The van der Waals surface area contributed by atoms with Crippen molar-refractivity contribution in [3.05, 3.63) is 90.3 Å². The summed E-state index contributed by atoms with van der Waals surface area (Å²) in [5.41, 5.74) is 3.45. The first-order valence-electron chi connectivity index (χ1n) is 7.30. The van der Waals surface area contributed by atoms with Crippen LogP contribution in [0.2, 0.25) is 0 Å². The lowest BCUT2D eigenvalue weighted by Crippen LogP contribution is -1.99.